The van der Waals surface area contributed by atoms with Crippen LogP contribution in [0.25, 0.3) is 0 Å². The van der Waals surface area contributed by atoms with E-state index in [1.807, 2.05) is 0 Å². The summed E-state index contributed by atoms with van der Waals surface area (Å²) in [6.45, 7) is -0.794. The van der Waals surface area contributed by atoms with Crippen molar-refractivity contribution < 1.29 is 32.1 Å². The zero-order chi connectivity index (χ0) is 23.3. The second-order valence-electron chi connectivity index (χ2n) is 6.64. The van der Waals surface area contributed by atoms with Gasteiger partial charge >= 0.3 is 6.18 Å². The third-order valence-corrected chi connectivity index (χ3v) is 4.36. The number of nitrogens with one attached hydrogen (secondary N) is 1. The molecule has 3 aromatic rings. The van der Waals surface area contributed by atoms with Crippen LogP contribution in [-0.4, -0.2) is 28.2 Å². The quantitative estimate of drug-likeness (QED) is 0.424. The van der Waals surface area contributed by atoms with Crippen molar-refractivity contribution in [3.63, 3.8) is 0 Å². The van der Waals surface area contributed by atoms with Gasteiger partial charge in [-0.15, -0.1) is 0 Å². The SMILES string of the molecule is O=C(CN(Cc1ccco1)C(=O)c1cccc([N+](=O)[O-])c1)Nc1ccccc1C(F)(F)F. The summed E-state index contributed by atoms with van der Waals surface area (Å²) < 4.78 is 44.7. The molecule has 1 N–H and O–H groups in total. The minimum absolute atomic E-state index is 0.0609. The zero-order valence-corrected chi connectivity index (χ0v) is 16.3. The van der Waals surface area contributed by atoms with E-state index in [0.29, 0.717) is 5.76 Å². The van der Waals surface area contributed by atoms with Gasteiger partial charge in [0, 0.05) is 17.7 Å². The summed E-state index contributed by atoms with van der Waals surface area (Å²) in [5, 5.41) is 13.2. The molecule has 0 aliphatic rings. The van der Waals surface area contributed by atoms with E-state index in [1.54, 1.807) is 12.1 Å². The van der Waals surface area contributed by atoms with E-state index in [4.69, 9.17) is 4.42 Å². The Balaban J connectivity index is 1.84. The molecule has 0 radical (unpaired) electrons. The first-order valence-corrected chi connectivity index (χ1v) is 9.17. The Morgan fingerprint density at radius 3 is 2.47 bits per heavy atom. The van der Waals surface area contributed by atoms with Crippen LogP contribution in [0.4, 0.5) is 24.5 Å². The minimum atomic E-state index is -4.68. The second kappa shape index (κ2) is 9.33. The van der Waals surface area contributed by atoms with Gasteiger partial charge in [-0.05, 0) is 30.3 Å². The maximum absolute atomic E-state index is 13.2. The summed E-state index contributed by atoms with van der Waals surface area (Å²) in [6, 6.07) is 12.5. The third-order valence-electron chi connectivity index (χ3n) is 4.36. The molecule has 166 valence electrons. The number of furan rings is 1. The first-order chi connectivity index (χ1) is 15.1. The summed E-state index contributed by atoms with van der Waals surface area (Å²) in [7, 11) is 0. The fraction of sp³-hybridized carbons (Fsp3) is 0.143. The van der Waals surface area contributed by atoms with E-state index in [1.165, 1.54) is 36.6 Å². The Morgan fingerprint density at radius 1 is 1.06 bits per heavy atom. The van der Waals surface area contributed by atoms with Gasteiger partial charge in [-0.3, -0.25) is 19.7 Å². The number of para-hydroxylation sites is 1. The lowest BCUT2D eigenvalue weighted by Gasteiger charge is -2.22. The molecule has 0 fully saturated rings. The summed E-state index contributed by atoms with van der Waals surface area (Å²) in [5.74, 6) is -1.30. The molecule has 0 atom stereocenters. The van der Waals surface area contributed by atoms with Crippen molar-refractivity contribution >= 4 is 23.2 Å². The van der Waals surface area contributed by atoms with E-state index >= 15 is 0 Å². The van der Waals surface area contributed by atoms with Crippen molar-refractivity contribution in [2.24, 2.45) is 0 Å². The number of non-ortho nitro benzene ring substituents is 1. The number of carbonyl (C=O) groups excluding carboxylic acids is 2. The van der Waals surface area contributed by atoms with E-state index in [2.05, 4.69) is 5.32 Å². The zero-order valence-electron chi connectivity index (χ0n) is 16.3. The first-order valence-electron chi connectivity index (χ1n) is 9.17. The molecule has 0 aliphatic heterocycles. The van der Waals surface area contributed by atoms with Crippen LogP contribution in [0.2, 0.25) is 0 Å². The standard InChI is InChI=1S/C21H16F3N3O5/c22-21(23,24)17-8-1-2-9-18(17)25-19(28)13-26(12-16-7-4-10-32-16)20(29)14-5-3-6-15(11-14)27(30)31/h1-11H,12-13H2,(H,25,28). The number of hydrogen-bond acceptors (Lipinski definition) is 5. The largest absolute Gasteiger partial charge is 0.467 e. The number of hydrogen-bond donors (Lipinski definition) is 1. The number of benzene rings is 2. The Kier molecular flexibility index (Phi) is 6.57. The lowest BCUT2D eigenvalue weighted by Crippen LogP contribution is -2.37. The number of carbonyl (C=O) groups is 2. The number of nitro benzene ring substituents is 1. The van der Waals surface area contributed by atoms with Gasteiger partial charge in [-0.25, -0.2) is 0 Å². The van der Waals surface area contributed by atoms with Crippen molar-refractivity contribution in [1.82, 2.24) is 4.90 Å². The molecule has 11 heteroatoms. The van der Waals surface area contributed by atoms with Crippen LogP contribution >= 0.6 is 0 Å². The van der Waals surface area contributed by atoms with E-state index in [0.717, 1.165) is 23.1 Å². The van der Waals surface area contributed by atoms with Crippen molar-refractivity contribution in [3.8, 4) is 0 Å². The molecule has 0 saturated carbocycles. The highest BCUT2D eigenvalue weighted by Gasteiger charge is 2.33. The molecule has 32 heavy (non-hydrogen) atoms. The van der Waals surface area contributed by atoms with Crippen molar-refractivity contribution in [3.05, 3.63) is 93.9 Å². The molecule has 8 nitrogen and oxygen atoms in total. The molecule has 0 aliphatic carbocycles. The maximum Gasteiger partial charge on any atom is 0.418 e. The summed E-state index contributed by atoms with van der Waals surface area (Å²) in [6.07, 6.45) is -3.33. The molecule has 1 heterocycles. The lowest BCUT2D eigenvalue weighted by molar-refractivity contribution is -0.384. The molecule has 0 bridgehead atoms. The average molecular weight is 447 g/mol. The molecular weight excluding hydrogens is 431 g/mol. The van der Waals surface area contributed by atoms with Gasteiger partial charge in [0.25, 0.3) is 11.6 Å². The fourth-order valence-electron chi connectivity index (χ4n) is 2.93. The van der Waals surface area contributed by atoms with Gasteiger partial charge in [-0.1, -0.05) is 18.2 Å². The number of alkyl halides is 3. The van der Waals surface area contributed by atoms with E-state index in [-0.39, 0.29) is 17.8 Å². The topological polar surface area (TPSA) is 106 Å². The number of halogens is 3. The van der Waals surface area contributed by atoms with Crippen LogP contribution in [0.3, 0.4) is 0 Å². The van der Waals surface area contributed by atoms with Gasteiger partial charge in [0.1, 0.15) is 12.3 Å². The number of amides is 2. The molecular formula is C21H16F3N3O5. The van der Waals surface area contributed by atoms with Crippen LogP contribution in [0.15, 0.2) is 71.3 Å². The Bertz CT molecular complexity index is 1130. The normalized spacial score (nSPS) is 11.1. The summed E-state index contributed by atoms with van der Waals surface area (Å²) in [4.78, 5) is 36.8. The molecule has 3 rings (SSSR count). The molecule has 2 aromatic carbocycles. The summed E-state index contributed by atoms with van der Waals surface area (Å²) >= 11 is 0. The number of anilines is 1. The minimum Gasteiger partial charge on any atom is -0.467 e. The van der Waals surface area contributed by atoms with E-state index < -0.39 is 40.7 Å². The predicted octanol–water partition coefficient (Wildman–Crippen LogP) is 4.49. The van der Waals surface area contributed by atoms with Crippen LogP contribution in [-0.2, 0) is 17.5 Å². The average Bonchev–Trinajstić information content (AvgIpc) is 3.25. The van der Waals surface area contributed by atoms with Gasteiger partial charge in [0.15, 0.2) is 0 Å². The molecule has 0 saturated heterocycles. The van der Waals surface area contributed by atoms with Crippen LogP contribution in [0, 0.1) is 10.1 Å². The van der Waals surface area contributed by atoms with Crippen LogP contribution in [0.1, 0.15) is 21.7 Å². The highest BCUT2D eigenvalue weighted by atomic mass is 19.4. The predicted molar refractivity (Wildman–Crippen MR) is 107 cm³/mol. The number of nitro groups is 1. The van der Waals surface area contributed by atoms with Crippen LogP contribution in [0.5, 0.6) is 0 Å². The van der Waals surface area contributed by atoms with Crippen molar-refractivity contribution in [2.75, 3.05) is 11.9 Å². The highest BCUT2D eigenvalue weighted by molar-refractivity contribution is 6.00. The van der Waals surface area contributed by atoms with Gasteiger partial charge in [0.2, 0.25) is 5.91 Å². The smallest absolute Gasteiger partial charge is 0.418 e. The van der Waals surface area contributed by atoms with E-state index in [9.17, 15) is 32.9 Å². The fourth-order valence-corrected chi connectivity index (χ4v) is 2.93. The first kappa shape index (κ1) is 22.5. The van der Waals surface area contributed by atoms with Crippen molar-refractivity contribution in [1.29, 1.82) is 0 Å². The van der Waals surface area contributed by atoms with Gasteiger partial charge in [-0.2, -0.15) is 13.2 Å². The van der Waals surface area contributed by atoms with Crippen LogP contribution < -0.4 is 5.32 Å². The van der Waals surface area contributed by atoms with Gasteiger partial charge in [0.05, 0.1) is 29.0 Å². The highest BCUT2D eigenvalue weighted by Crippen LogP contribution is 2.34. The second-order valence-corrected chi connectivity index (χ2v) is 6.64. The third kappa shape index (κ3) is 5.50. The molecule has 0 unspecified atom stereocenters. The van der Waals surface area contributed by atoms with Gasteiger partial charge < -0.3 is 14.6 Å². The Morgan fingerprint density at radius 2 is 1.81 bits per heavy atom. The molecule has 2 amide bonds. The number of rotatable bonds is 7. The molecule has 1 aromatic heterocycles. The Labute approximate surface area is 179 Å². The molecule has 0 spiro atoms. The number of nitrogens with zero attached hydrogens (tertiary/aromatic N) is 2. The maximum atomic E-state index is 13.2. The monoisotopic (exact) mass is 447 g/mol. The summed E-state index contributed by atoms with van der Waals surface area (Å²) in [5.41, 5.74) is -1.87. The van der Waals surface area contributed by atoms with Crippen molar-refractivity contribution in [2.45, 2.75) is 12.7 Å². The Hall–Kier alpha value is -4.15. The lowest BCUT2D eigenvalue weighted by atomic mass is 10.1.